The van der Waals surface area contributed by atoms with Crippen molar-refractivity contribution in [1.29, 1.82) is 0 Å². The largest absolute Gasteiger partial charge is 0.497 e. The van der Waals surface area contributed by atoms with Gasteiger partial charge in [-0.25, -0.2) is 4.79 Å². The van der Waals surface area contributed by atoms with E-state index in [2.05, 4.69) is 10.6 Å². The van der Waals surface area contributed by atoms with Crippen molar-refractivity contribution < 1.29 is 29.0 Å². The molecule has 2 amide bonds. The standard InChI is InChI=1S/C35H45N3O6/c1-6-15-38(16-7-2)34(41)29-18-24(3)17-28(21-29)33(40)37-31(20-25-11-13-27(14-12-25)35(42)44-5)32(39)23-36-22-26-9-8-10-30(19-26)43-4/h8-14,17-19,21,31-32,36,39H,6-7,15-16,20,22-23H2,1-5H3,(H,37,40). The van der Waals surface area contributed by atoms with E-state index in [1.165, 1.54) is 7.11 Å². The summed E-state index contributed by atoms with van der Waals surface area (Å²) >= 11 is 0. The first-order valence-corrected chi connectivity index (χ1v) is 15.1. The zero-order chi connectivity index (χ0) is 32.1. The lowest BCUT2D eigenvalue weighted by Gasteiger charge is -2.25. The minimum atomic E-state index is -0.944. The molecule has 2 atom stereocenters. The quantitative estimate of drug-likeness (QED) is 0.206. The van der Waals surface area contributed by atoms with Gasteiger partial charge >= 0.3 is 5.97 Å². The van der Waals surface area contributed by atoms with Crippen LogP contribution in [0.25, 0.3) is 0 Å². The van der Waals surface area contributed by atoms with Crippen LogP contribution in [0, 0.1) is 6.92 Å². The highest BCUT2D eigenvalue weighted by Gasteiger charge is 2.24. The SMILES string of the molecule is CCCN(CCC)C(=O)c1cc(C)cc(C(=O)NC(Cc2ccc(C(=O)OC)cc2)C(O)CNCc2cccc(OC)c2)c1. The summed E-state index contributed by atoms with van der Waals surface area (Å²) in [7, 11) is 2.94. The highest BCUT2D eigenvalue weighted by molar-refractivity contribution is 6.00. The second-order valence-corrected chi connectivity index (χ2v) is 10.9. The number of aliphatic hydroxyl groups excluding tert-OH is 1. The number of benzene rings is 3. The van der Waals surface area contributed by atoms with Gasteiger partial charge in [0.15, 0.2) is 0 Å². The van der Waals surface area contributed by atoms with Crippen LogP contribution >= 0.6 is 0 Å². The molecular weight excluding hydrogens is 558 g/mol. The lowest BCUT2D eigenvalue weighted by Crippen LogP contribution is -2.48. The third kappa shape index (κ3) is 9.92. The third-order valence-corrected chi connectivity index (χ3v) is 7.29. The lowest BCUT2D eigenvalue weighted by molar-refractivity contribution is 0.0600. The van der Waals surface area contributed by atoms with Crippen LogP contribution in [-0.4, -0.2) is 73.8 Å². The molecule has 0 fully saturated rings. The van der Waals surface area contributed by atoms with Gasteiger partial charge in [0.1, 0.15) is 5.75 Å². The molecule has 0 heterocycles. The van der Waals surface area contributed by atoms with Crippen LogP contribution in [0.4, 0.5) is 0 Å². The number of hydrogen-bond donors (Lipinski definition) is 3. The van der Waals surface area contributed by atoms with Gasteiger partial charge in [-0.2, -0.15) is 0 Å². The number of aliphatic hydroxyl groups is 1. The maximum Gasteiger partial charge on any atom is 0.337 e. The number of amides is 2. The average molecular weight is 604 g/mol. The van der Waals surface area contributed by atoms with Crippen LogP contribution in [0.15, 0.2) is 66.7 Å². The van der Waals surface area contributed by atoms with Crippen LogP contribution in [-0.2, 0) is 17.7 Å². The van der Waals surface area contributed by atoms with Crippen molar-refractivity contribution in [2.75, 3.05) is 33.9 Å². The fourth-order valence-electron chi connectivity index (χ4n) is 5.05. The lowest BCUT2D eigenvalue weighted by atomic mass is 9.98. The minimum absolute atomic E-state index is 0.101. The molecule has 3 aromatic carbocycles. The Kier molecular flexibility index (Phi) is 13.4. The van der Waals surface area contributed by atoms with Gasteiger partial charge in [0.05, 0.1) is 31.9 Å². The Morgan fingerprint density at radius 3 is 2.18 bits per heavy atom. The third-order valence-electron chi connectivity index (χ3n) is 7.29. The van der Waals surface area contributed by atoms with Gasteiger partial charge in [-0.1, -0.05) is 38.1 Å². The molecular formula is C35H45N3O6. The molecule has 3 rings (SSSR count). The molecule has 9 nitrogen and oxygen atoms in total. The van der Waals surface area contributed by atoms with Gasteiger partial charge in [0, 0.05) is 37.3 Å². The molecule has 0 aromatic heterocycles. The Labute approximate surface area is 260 Å². The summed E-state index contributed by atoms with van der Waals surface area (Å²) in [5.41, 5.74) is 3.84. The molecule has 44 heavy (non-hydrogen) atoms. The van der Waals surface area contributed by atoms with Gasteiger partial charge in [0.2, 0.25) is 0 Å². The Morgan fingerprint density at radius 2 is 1.55 bits per heavy atom. The van der Waals surface area contributed by atoms with E-state index in [-0.39, 0.29) is 18.4 Å². The summed E-state index contributed by atoms with van der Waals surface area (Å²) in [6.07, 6.45) is 1.06. The molecule has 0 aliphatic carbocycles. The normalized spacial score (nSPS) is 12.2. The van der Waals surface area contributed by atoms with Crippen molar-refractivity contribution in [3.8, 4) is 5.75 Å². The molecule has 0 aliphatic heterocycles. The monoisotopic (exact) mass is 603 g/mol. The summed E-state index contributed by atoms with van der Waals surface area (Å²) in [5.74, 6) is -0.183. The highest BCUT2D eigenvalue weighted by atomic mass is 16.5. The Morgan fingerprint density at radius 1 is 0.864 bits per heavy atom. The van der Waals surface area contributed by atoms with Crippen molar-refractivity contribution in [2.24, 2.45) is 0 Å². The zero-order valence-electron chi connectivity index (χ0n) is 26.4. The number of methoxy groups -OCH3 is 2. The zero-order valence-corrected chi connectivity index (χ0v) is 26.4. The number of carbonyl (C=O) groups is 3. The summed E-state index contributed by atoms with van der Waals surface area (Å²) in [6, 6.07) is 19.0. The Bertz CT molecular complexity index is 1390. The molecule has 3 aromatic rings. The number of esters is 1. The molecule has 0 spiro atoms. The molecule has 9 heteroatoms. The first kappa shape index (κ1) is 34.3. The molecule has 3 N–H and O–H groups in total. The highest BCUT2D eigenvalue weighted by Crippen LogP contribution is 2.16. The van der Waals surface area contributed by atoms with E-state index in [9.17, 15) is 19.5 Å². The van der Waals surface area contributed by atoms with E-state index < -0.39 is 18.1 Å². The van der Waals surface area contributed by atoms with Gasteiger partial charge in [-0.05, 0) is 85.3 Å². The first-order chi connectivity index (χ1) is 21.2. The van der Waals surface area contributed by atoms with E-state index >= 15 is 0 Å². The number of rotatable bonds is 16. The number of nitrogens with one attached hydrogen (secondary N) is 2. The van der Waals surface area contributed by atoms with Crippen molar-refractivity contribution in [2.45, 2.75) is 58.7 Å². The molecule has 2 unspecified atom stereocenters. The number of ether oxygens (including phenoxy) is 2. The molecule has 0 bridgehead atoms. The van der Waals surface area contributed by atoms with Crippen LogP contribution < -0.4 is 15.4 Å². The number of nitrogens with zero attached hydrogens (tertiary/aromatic N) is 1. The van der Waals surface area contributed by atoms with Gasteiger partial charge in [-0.3, -0.25) is 9.59 Å². The maximum atomic E-state index is 13.6. The first-order valence-electron chi connectivity index (χ1n) is 15.1. The maximum absolute atomic E-state index is 13.6. The van der Waals surface area contributed by atoms with Crippen LogP contribution in [0.2, 0.25) is 0 Å². The molecule has 236 valence electrons. The van der Waals surface area contributed by atoms with E-state index in [1.54, 1.807) is 49.6 Å². The number of aryl methyl sites for hydroxylation is 1. The van der Waals surface area contributed by atoms with Crippen molar-refractivity contribution in [3.05, 3.63) is 100 Å². The predicted octanol–water partition coefficient (Wildman–Crippen LogP) is 4.54. The van der Waals surface area contributed by atoms with Crippen molar-refractivity contribution >= 4 is 17.8 Å². The number of carbonyl (C=O) groups excluding carboxylic acids is 3. The second kappa shape index (κ2) is 17.2. The minimum Gasteiger partial charge on any atom is -0.497 e. The topological polar surface area (TPSA) is 117 Å². The molecule has 0 aliphatic rings. The van der Waals surface area contributed by atoms with E-state index in [1.807, 2.05) is 49.9 Å². The average Bonchev–Trinajstić information content (AvgIpc) is 3.03. The number of hydrogen-bond acceptors (Lipinski definition) is 7. The summed E-state index contributed by atoms with van der Waals surface area (Å²) < 4.78 is 10.1. The predicted molar refractivity (Wildman–Crippen MR) is 171 cm³/mol. The summed E-state index contributed by atoms with van der Waals surface area (Å²) in [6.45, 7) is 7.92. The fraction of sp³-hybridized carbons (Fsp3) is 0.400. The summed E-state index contributed by atoms with van der Waals surface area (Å²) in [4.78, 5) is 40.6. The van der Waals surface area contributed by atoms with Crippen LogP contribution in [0.3, 0.4) is 0 Å². The van der Waals surface area contributed by atoms with Crippen molar-refractivity contribution in [3.63, 3.8) is 0 Å². The van der Waals surface area contributed by atoms with Crippen LogP contribution in [0.5, 0.6) is 5.75 Å². The Hall–Kier alpha value is -4.21. The molecule has 0 saturated carbocycles. The summed E-state index contributed by atoms with van der Waals surface area (Å²) in [5, 5.41) is 17.5. The van der Waals surface area contributed by atoms with E-state index in [0.717, 1.165) is 35.3 Å². The fourth-order valence-corrected chi connectivity index (χ4v) is 5.05. The van der Waals surface area contributed by atoms with Crippen molar-refractivity contribution in [1.82, 2.24) is 15.5 Å². The second-order valence-electron chi connectivity index (χ2n) is 10.9. The van der Waals surface area contributed by atoms with Gasteiger partial charge in [0.25, 0.3) is 11.8 Å². The molecule has 0 radical (unpaired) electrons. The van der Waals surface area contributed by atoms with Crippen LogP contribution in [0.1, 0.15) is 74.5 Å². The molecule has 0 saturated heterocycles. The smallest absolute Gasteiger partial charge is 0.337 e. The van der Waals surface area contributed by atoms with Gasteiger partial charge in [-0.15, -0.1) is 0 Å². The van der Waals surface area contributed by atoms with Gasteiger partial charge < -0.3 is 30.1 Å². The van der Waals surface area contributed by atoms with E-state index in [0.29, 0.717) is 42.7 Å². The Balaban J connectivity index is 1.80. The van der Waals surface area contributed by atoms with E-state index in [4.69, 9.17) is 9.47 Å².